The van der Waals surface area contributed by atoms with Crippen LogP contribution in [0.3, 0.4) is 0 Å². The average molecular weight is 357 g/mol. The summed E-state index contributed by atoms with van der Waals surface area (Å²) in [5.74, 6) is 1.36. The number of carbonyl (C=O) groups excluding carboxylic acids is 1. The monoisotopic (exact) mass is 357 g/mol. The van der Waals surface area contributed by atoms with Crippen molar-refractivity contribution in [2.75, 3.05) is 13.2 Å². The average Bonchev–Trinajstić information content (AvgIpc) is 2.55. The predicted octanol–water partition coefficient (Wildman–Crippen LogP) is -0.366. The molecular formula is C17H35N5O3. The number of hydrogen-bond donors (Lipinski definition) is 7. The number of urea groups is 1. The van der Waals surface area contributed by atoms with E-state index in [1.54, 1.807) is 0 Å². The fourth-order valence-corrected chi connectivity index (χ4v) is 3.63. The summed E-state index contributed by atoms with van der Waals surface area (Å²) in [5, 5.41) is 34.1. The van der Waals surface area contributed by atoms with Gasteiger partial charge in [0.2, 0.25) is 0 Å². The van der Waals surface area contributed by atoms with E-state index in [0.717, 1.165) is 31.6 Å². The number of carbonyl (C=O) groups is 1. The van der Waals surface area contributed by atoms with Gasteiger partial charge in [0.15, 0.2) is 0 Å². The van der Waals surface area contributed by atoms with Crippen molar-refractivity contribution in [3.8, 4) is 0 Å². The Balaban J connectivity index is 1.75. The maximum Gasteiger partial charge on any atom is 0.317 e. The highest BCUT2D eigenvalue weighted by atomic mass is 16.3. The minimum absolute atomic E-state index is 0.0432. The zero-order chi connectivity index (χ0) is 18.4. The summed E-state index contributed by atoms with van der Waals surface area (Å²) in [4.78, 5) is 12.3. The lowest BCUT2D eigenvalue weighted by molar-refractivity contribution is 0.0851. The van der Waals surface area contributed by atoms with Crippen LogP contribution in [-0.2, 0) is 0 Å². The zero-order valence-corrected chi connectivity index (χ0v) is 15.6. The summed E-state index contributed by atoms with van der Waals surface area (Å²) in [6, 6.07) is 0.284. The highest BCUT2D eigenvalue weighted by Crippen LogP contribution is 2.29. The van der Waals surface area contributed by atoms with E-state index in [4.69, 9.17) is 5.11 Å². The molecule has 1 saturated carbocycles. The third-order valence-electron chi connectivity index (χ3n) is 5.43. The van der Waals surface area contributed by atoms with Gasteiger partial charge in [0, 0.05) is 18.6 Å². The van der Waals surface area contributed by atoms with Gasteiger partial charge < -0.3 is 20.8 Å². The van der Waals surface area contributed by atoms with Gasteiger partial charge in [-0.15, -0.1) is 0 Å². The van der Waals surface area contributed by atoms with E-state index in [1.807, 2.05) is 0 Å². The van der Waals surface area contributed by atoms with Crippen molar-refractivity contribution in [2.45, 2.75) is 77.1 Å². The van der Waals surface area contributed by atoms with E-state index in [0.29, 0.717) is 12.5 Å². The molecule has 1 heterocycles. The summed E-state index contributed by atoms with van der Waals surface area (Å²) < 4.78 is 0. The number of aliphatic hydroxyl groups is 2. The van der Waals surface area contributed by atoms with Crippen LogP contribution in [-0.4, -0.2) is 60.0 Å². The second-order valence-corrected chi connectivity index (χ2v) is 7.78. The normalized spacial score (nSPS) is 37.3. The number of hydrogen-bond acceptors (Lipinski definition) is 6. The van der Waals surface area contributed by atoms with E-state index >= 15 is 0 Å². The Bertz CT molecular complexity index is 425. The molecule has 8 heteroatoms. The Hall–Kier alpha value is -0.930. The van der Waals surface area contributed by atoms with E-state index in [2.05, 4.69) is 47.4 Å². The zero-order valence-electron chi connectivity index (χ0n) is 15.6. The van der Waals surface area contributed by atoms with Crippen LogP contribution in [0.15, 0.2) is 0 Å². The van der Waals surface area contributed by atoms with Crippen molar-refractivity contribution in [1.82, 2.24) is 26.6 Å². The summed E-state index contributed by atoms with van der Waals surface area (Å²) in [6.45, 7) is 6.61. The van der Waals surface area contributed by atoms with Crippen LogP contribution >= 0.6 is 0 Å². The van der Waals surface area contributed by atoms with Gasteiger partial charge in [0.25, 0.3) is 0 Å². The maximum absolute atomic E-state index is 12.3. The maximum atomic E-state index is 12.3. The number of nitrogens with one attached hydrogen (secondary N) is 5. The molecule has 2 fully saturated rings. The van der Waals surface area contributed by atoms with E-state index in [1.165, 1.54) is 0 Å². The molecule has 0 aromatic heterocycles. The van der Waals surface area contributed by atoms with Gasteiger partial charge in [-0.05, 0) is 44.4 Å². The fourth-order valence-electron chi connectivity index (χ4n) is 3.63. The highest BCUT2D eigenvalue weighted by Gasteiger charge is 2.28. The summed E-state index contributed by atoms with van der Waals surface area (Å²) in [5.41, 5.74) is 0. The highest BCUT2D eigenvalue weighted by molar-refractivity contribution is 5.74. The van der Waals surface area contributed by atoms with Crippen LogP contribution in [0.2, 0.25) is 0 Å². The SMILES string of the molecule is CC1CC(NCC(O)CO)NC(NC(=O)NC2CCC(C)C(C)C2)N1. The predicted molar refractivity (Wildman–Crippen MR) is 96.7 cm³/mol. The fraction of sp³-hybridized carbons (Fsp3) is 0.941. The quantitative estimate of drug-likeness (QED) is 0.349. The molecule has 7 unspecified atom stereocenters. The molecule has 2 aliphatic rings. The van der Waals surface area contributed by atoms with Crippen molar-refractivity contribution in [2.24, 2.45) is 11.8 Å². The minimum Gasteiger partial charge on any atom is -0.394 e. The molecule has 146 valence electrons. The van der Waals surface area contributed by atoms with E-state index in [-0.39, 0.29) is 37.2 Å². The van der Waals surface area contributed by atoms with Gasteiger partial charge in [-0.1, -0.05) is 13.8 Å². The number of rotatable bonds is 6. The van der Waals surface area contributed by atoms with E-state index in [9.17, 15) is 9.90 Å². The second kappa shape index (κ2) is 9.68. The lowest BCUT2D eigenvalue weighted by atomic mass is 9.79. The van der Waals surface area contributed by atoms with Gasteiger partial charge in [-0.25, -0.2) is 4.79 Å². The molecule has 0 bridgehead atoms. The first-order valence-electron chi connectivity index (χ1n) is 9.48. The molecular weight excluding hydrogens is 322 g/mol. The molecule has 8 nitrogen and oxygen atoms in total. The van der Waals surface area contributed by atoms with Crippen LogP contribution in [0.4, 0.5) is 4.79 Å². The Morgan fingerprint density at radius 3 is 2.56 bits per heavy atom. The van der Waals surface area contributed by atoms with Gasteiger partial charge in [-0.2, -0.15) is 0 Å². The van der Waals surface area contributed by atoms with Crippen LogP contribution in [0.25, 0.3) is 0 Å². The first-order chi connectivity index (χ1) is 11.9. The molecule has 2 rings (SSSR count). The van der Waals surface area contributed by atoms with Crippen molar-refractivity contribution in [3.05, 3.63) is 0 Å². The molecule has 0 aromatic carbocycles. The third kappa shape index (κ3) is 6.71. The standard InChI is InChI=1S/C17H35N5O3/c1-10-4-5-13(6-11(10)2)20-17(25)22-16-19-12(3)7-15(21-16)18-8-14(24)9-23/h10-16,18-19,21,23-24H,4-9H2,1-3H3,(H2,20,22,25). The largest absolute Gasteiger partial charge is 0.394 e. The summed E-state index contributed by atoms with van der Waals surface area (Å²) in [6.07, 6.45) is 2.87. The van der Waals surface area contributed by atoms with Crippen LogP contribution < -0.4 is 26.6 Å². The molecule has 1 aliphatic carbocycles. The van der Waals surface area contributed by atoms with Gasteiger partial charge in [0.1, 0.15) is 6.29 Å². The van der Waals surface area contributed by atoms with Crippen LogP contribution in [0, 0.1) is 11.8 Å². The molecule has 7 atom stereocenters. The van der Waals surface area contributed by atoms with Gasteiger partial charge in [0.05, 0.1) is 18.9 Å². The molecule has 1 saturated heterocycles. The molecule has 25 heavy (non-hydrogen) atoms. The molecule has 1 aliphatic heterocycles. The Morgan fingerprint density at radius 2 is 1.88 bits per heavy atom. The van der Waals surface area contributed by atoms with Crippen molar-refractivity contribution >= 4 is 6.03 Å². The van der Waals surface area contributed by atoms with Crippen LogP contribution in [0.1, 0.15) is 46.5 Å². The Kier molecular flexibility index (Phi) is 7.89. The summed E-state index contributed by atoms with van der Waals surface area (Å²) in [7, 11) is 0. The first kappa shape index (κ1) is 20.4. The molecule has 0 aromatic rings. The number of aliphatic hydroxyl groups excluding tert-OH is 2. The van der Waals surface area contributed by atoms with Crippen molar-refractivity contribution < 1.29 is 15.0 Å². The lowest BCUT2D eigenvalue weighted by Gasteiger charge is -2.38. The third-order valence-corrected chi connectivity index (χ3v) is 5.43. The first-order valence-corrected chi connectivity index (χ1v) is 9.48. The van der Waals surface area contributed by atoms with E-state index < -0.39 is 6.10 Å². The molecule has 7 N–H and O–H groups in total. The van der Waals surface area contributed by atoms with Gasteiger partial charge in [-0.3, -0.25) is 16.0 Å². The topological polar surface area (TPSA) is 118 Å². The molecule has 2 amide bonds. The second-order valence-electron chi connectivity index (χ2n) is 7.78. The molecule has 0 spiro atoms. The van der Waals surface area contributed by atoms with Crippen molar-refractivity contribution in [1.29, 1.82) is 0 Å². The van der Waals surface area contributed by atoms with Crippen LogP contribution in [0.5, 0.6) is 0 Å². The van der Waals surface area contributed by atoms with Crippen molar-refractivity contribution in [3.63, 3.8) is 0 Å². The molecule has 0 radical (unpaired) electrons. The minimum atomic E-state index is -0.780. The smallest absolute Gasteiger partial charge is 0.317 e. The summed E-state index contributed by atoms with van der Waals surface area (Å²) >= 11 is 0. The number of amides is 2. The van der Waals surface area contributed by atoms with Gasteiger partial charge >= 0.3 is 6.03 Å². The Labute approximate surface area is 150 Å². The Morgan fingerprint density at radius 1 is 1.12 bits per heavy atom. The lowest BCUT2D eigenvalue weighted by Crippen LogP contribution is -2.68.